The first-order valence-electron chi connectivity index (χ1n) is 5.86. The van der Waals surface area contributed by atoms with Crippen molar-refractivity contribution in [3.8, 4) is 5.75 Å². The molecule has 0 amide bonds. The quantitative estimate of drug-likeness (QED) is 0.804. The third-order valence-corrected chi connectivity index (χ3v) is 2.94. The molecular formula is C15H12ClFO3. The van der Waals surface area contributed by atoms with Crippen molar-refractivity contribution in [2.45, 2.75) is 6.61 Å². The van der Waals surface area contributed by atoms with Crippen LogP contribution in [0.25, 0.3) is 0 Å². The second-order valence-electron chi connectivity index (χ2n) is 4.01. The number of methoxy groups -OCH3 is 1. The molecule has 3 nitrogen and oxygen atoms in total. The number of halogens is 2. The van der Waals surface area contributed by atoms with Gasteiger partial charge in [-0.3, -0.25) is 0 Å². The summed E-state index contributed by atoms with van der Waals surface area (Å²) in [7, 11) is 1.43. The van der Waals surface area contributed by atoms with Crippen LogP contribution in [0, 0.1) is 5.82 Å². The first-order chi connectivity index (χ1) is 9.61. The van der Waals surface area contributed by atoms with E-state index in [1.807, 2.05) is 0 Å². The zero-order valence-electron chi connectivity index (χ0n) is 10.7. The standard InChI is InChI=1S/C15H12ClFO3/c1-19-14-8-11(16)6-7-12(14)15(18)20-9-10-4-2-3-5-13(10)17/h2-8H,9H2,1H3. The monoisotopic (exact) mass is 294 g/mol. The summed E-state index contributed by atoms with van der Waals surface area (Å²) in [5.74, 6) is -0.693. The van der Waals surface area contributed by atoms with Crippen LogP contribution in [-0.2, 0) is 11.3 Å². The van der Waals surface area contributed by atoms with E-state index in [1.54, 1.807) is 24.3 Å². The van der Waals surface area contributed by atoms with Gasteiger partial charge in [-0.25, -0.2) is 9.18 Å². The summed E-state index contributed by atoms with van der Waals surface area (Å²) in [4.78, 5) is 12.0. The fourth-order valence-electron chi connectivity index (χ4n) is 1.67. The van der Waals surface area contributed by atoms with Crippen LogP contribution < -0.4 is 4.74 Å². The lowest BCUT2D eigenvalue weighted by atomic mass is 10.2. The molecule has 0 aliphatic carbocycles. The van der Waals surface area contributed by atoms with Gasteiger partial charge in [0.25, 0.3) is 0 Å². The van der Waals surface area contributed by atoms with Crippen molar-refractivity contribution in [2.24, 2.45) is 0 Å². The van der Waals surface area contributed by atoms with Crippen LogP contribution >= 0.6 is 11.6 Å². The largest absolute Gasteiger partial charge is 0.496 e. The second kappa shape index (κ2) is 6.39. The fraction of sp³-hybridized carbons (Fsp3) is 0.133. The molecule has 0 bridgehead atoms. The third-order valence-electron chi connectivity index (χ3n) is 2.70. The molecule has 0 atom stereocenters. The van der Waals surface area contributed by atoms with Gasteiger partial charge in [0.05, 0.1) is 7.11 Å². The Morgan fingerprint density at radius 2 is 2.00 bits per heavy atom. The molecule has 104 valence electrons. The van der Waals surface area contributed by atoms with Crippen molar-refractivity contribution in [1.82, 2.24) is 0 Å². The van der Waals surface area contributed by atoms with Crippen LogP contribution in [0.1, 0.15) is 15.9 Å². The van der Waals surface area contributed by atoms with Gasteiger partial charge in [-0.1, -0.05) is 29.8 Å². The predicted octanol–water partition coefficient (Wildman–Crippen LogP) is 3.84. The average Bonchev–Trinajstić information content (AvgIpc) is 2.46. The number of carbonyl (C=O) groups excluding carboxylic acids is 1. The molecule has 0 unspecified atom stereocenters. The van der Waals surface area contributed by atoms with E-state index in [1.165, 1.54) is 25.3 Å². The van der Waals surface area contributed by atoms with E-state index >= 15 is 0 Å². The Bertz CT molecular complexity index is 628. The number of benzene rings is 2. The van der Waals surface area contributed by atoms with Crippen molar-refractivity contribution in [3.05, 3.63) is 64.4 Å². The van der Waals surface area contributed by atoms with Crippen molar-refractivity contribution < 1.29 is 18.7 Å². The maximum absolute atomic E-state index is 13.4. The molecular weight excluding hydrogens is 283 g/mol. The topological polar surface area (TPSA) is 35.5 Å². The zero-order valence-corrected chi connectivity index (χ0v) is 11.5. The highest BCUT2D eigenvalue weighted by molar-refractivity contribution is 6.30. The number of hydrogen-bond donors (Lipinski definition) is 0. The van der Waals surface area contributed by atoms with Crippen molar-refractivity contribution in [2.75, 3.05) is 7.11 Å². The summed E-state index contributed by atoms with van der Waals surface area (Å²) < 4.78 is 23.5. The highest BCUT2D eigenvalue weighted by atomic mass is 35.5. The number of rotatable bonds is 4. The van der Waals surface area contributed by atoms with Gasteiger partial charge in [-0.2, -0.15) is 0 Å². The molecule has 0 aliphatic rings. The van der Waals surface area contributed by atoms with Gasteiger partial charge in [0.2, 0.25) is 0 Å². The molecule has 2 rings (SSSR count). The first-order valence-corrected chi connectivity index (χ1v) is 6.23. The molecule has 0 spiro atoms. The minimum atomic E-state index is -0.596. The molecule has 2 aromatic rings. The van der Waals surface area contributed by atoms with Gasteiger partial charge in [0.15, 0.2) is 0 Å². The van der Waals surface area contributed by atoms with E-state index in [9.17, 15) is 9.18 Å². The zero-order chi connectivity index (χ0) is 14.5. The van der Waals surface area contributed by atoms with Gasteiger partial charge in [-0.15, -0.1) is 0 Å². The molecule has 0 heterocycles. The van der Waals surface area contributed by atoms with E-state index < -0.39 is 11.8 Å². The summed E-state index contributed by atoms with van der Waals surface area (Å²) in [6.45, 7) is -0.142. The van der Waals surface area contributed by atoms with Crippen molar-refractivity contribution >= 4 is 17.6 Å². The van der Waals surface area contributed by atoms with Gasteiger partial charge in [-0.05, 0) is 24.3 Å². The fourth-order valence-corrected chi connectivity index (χ4v) is 1.83. The van der Waals surface area contributed by atoms with Gasteiger partial charge in [0.1, 0.15) is 23.7 Å². The molecule has 0 radical (unpaired) electrons. The van der Waals surface area contributed by atoms with E-state index in [-0.39, 0.29) is 12.2 Å². The van der Waals surface area contributed by atoms with Crippen LogP contribution in [0.2, 0.25) is 5.02 Å². The Morgan fingerprint density at radius 3 is 2.70 bits per heavy atom. The smallest absolute Gasteiger partial charge is 0.342 e. The highest BCUT2D eigenvalue weighted by Crippen LogP contribution is 2.24. The molecule has 20 heavy (non-hydrogen) atoms. The SMILES string of the molecule is COc1cc(Cl)ccc1C(=O)OCc1ccccc1F. The molecule has 0 aromatic heterocycles. The Morgan fingerprint density at radius 1 is 1.25 bits per heavy atom. The molecule has 5 heteroatoms. The van der Waals surface area contributed by atoms with Gasteiger partial charge < -0.3 is 9.47 Å². The molecule has 0 N–H and O–H groups in total. The van der Waals surface area contributed by atoms with Crippen LogP contribution in [0.15, 0.2) is 42.5 Å². The number of carbonyl (C=O) groups is 1. The highest BCUT2D eigenvalue weighted by Gasteiger charge is 2.15. The summed E-state index contributed by atoms with van der Waals surface area (Å²) >= 11 is 5.81. The van der Waals surface area contributed by atoms with Crippen LogP contribution in [0.5, 0.6) is 5.75 Å². The summed E-state index contributed by atoms with van der Waals surface area (Å²) in [5, 5.41) is 0.451. The number of hydrogen-bond acceptors (Lipinski definition) is 3. The van der Waals surface area contributed by atoms with E-state index in [4.69, 9.17) is 21.1 Å². The normalized spacial score (nSPS) is 10.2. The average molecular weight is 295 g/mol. The minimum absolute atomic E-state index is 0.142. The molecule has 0 aliphatic heterocycles. The van der Waals surface area contributed by atoms with Gasteiger partial charge >= 0.3 is 5.97 Å². The summed E-state index contributed by atoms with van der Waals surface area (Å²) in [6, 6.07) is 10.7. The number of ether oxygens (including phenoxy) is 2. The lowest BCUT2D eigenvalue weighted by molar-refractivity contribution is 0.0465. The Balaban J connectivity index is 2.11. The van der Waals surface area contributed by atoms with Gasteiger partial charge in [0, 0.05) is 10.6 Å². The van der Waals surface area contributed by atoms with Crippen molar-refractivity contribution in [1.29, 1.82) is 0 Å². The minimum Gasteiger partial charge on any atom is -0.496 e. The Labute approximate surface area is 120 Å². The molecule has 2 aromatic carbocycles. The molecule has 0 saturated carbocycles. The Kier molecular flexibility index (Phi) is 4.58. The second-order valence-corrected chi connectivity index (χ2v) is 4.45. The first kappa shape index (κ1) is 14.3. The molecule has 0 fully saturated rings. The van der Waals surface area contributed by atoms with Crippen LogP contribution in [0.4, 0.5) is 4.39 Å². The summed E-state index contributed by atoms with van der Waals surface area (Å²) in [5.41, 5.74) is 0.557. The maximum Gasteiger partial charge on any atom is 0.342 e. The third kappa shape index (κ3) is 3.27. The lowest BCUT2D eigenvalue weighted by Crippen LogP contribution is -2.08. The maximum atomic E-state index is 13.4. The van der Waals surface area contributed by atoms with Crippen LogP contribution in [0.3, 0.4) is 0 Å². The van der Waals surface area contributed by atoms with Crippen LogP contribution in [-0.4, -0.2) is 13.1 Å². The van der Waals surface area contributed by atoms with E-state index in [2.05, 4.69) is 0 Å². The lowest BCUT2D eigenvalue weighted by Gasteiger charge is -2.09. The van der Waals surface area contributed by atoms with E-state index in [0.717, 1.165) is 0 Å². The summed E-state index contributed by atoms with van der Waals surface area (Å²) in [6.07, 6.45) is 0. The van der Waals surface area contributed by atoms with Crippen molar-refractivity contribution in [3.63, 3.8) is 0 Å². The Hall–Kier alpha value is -2.07. The number of esters is 1. The molecule has 0 saturated heterocycles. The van der Waals surface area contributed by atoms with E-state index in [0.29, 0.717) is 16.3 Å². The predicted molar refractivity (Wildman–Crippen MR) is 73.5 cm³/mol.